The van der Waals surface area contributed by atoms with Crippen LogP contribution >= 0.6 is 15.9 Å². The van der Waals surface area contributed by atoms with Crippen molar-refractivity contribution >= 4 is 21.7 Å². The maximum atomic E-state index is 12.3. The fraction of sp³-hybridized carbons (Fsp3) is 0.588. The van der Waals surface area contributed by atoms with Crippen LogP contribution in [0.2, 0.25) is 0 Å². The molecule has 1 aliphatic carbocycles. The van der Waals surface area contributed by atoms with Gasteiger partial charge in [-0.3, -0.25) is 4.79 Å². The molecule has 2 atom stereocenters. The Bertz CT molecular complexity index is 464. The molecule has 0 bridgehead atoms. The first-order chi connectivity index (χ1) is 8.90. The lowest BCUT2D eigenvalue weighted by Crippen LogP contribution is -2.36. The molecule has 1 aliphatic rings. The highest BCUT2D eigenvalue weighted by molar-refractivity contribution is 9.10. The maximum Gasteiger partial charge on any atom is 0.136 e. The number of hydrogen-bond donors (Lipinski definition) is 0. The van der Waals surface area contributed by atoms with Gasteiger partial charge in [0.15, 0.2) is 0 Å². The van der Waals surface area contributed by atoms with Gasteiger partial charge in [-0.05, 0) is 42.2 Å². The summed E-state index contributed by atoms with van der Waals surface area (Å²) in [5, 5.41) is 0. The van der Waals surface area contributed by atoms with Crippen molar-refractivity contribution < 1.29 is 4.79 Å². The topological polar surface area (TPSA) is 17.1 Å². The third-order valence-corrected chi connectivity index (χ3v) is 5.21. The van der Waals surface area contributed by atoms with Gasteiger partial charge in [0.2, 0.25) is 0 Å². The van der Waals surface area contributed by atoms with Gasteiger partial charge in [-0.25, -0.2) is 0 Å². The Hall–Kier alpha value is -0.630. The summed E-state index contributed by atoms with van der Waals surface area (Å²) in [4.78, 5) is 12.3. The van der Waals surface area contributed by atoms with Crippen molar-refractivity contribution in [3.63, 3.8) is 0 Å². The highest BCUT2D eigenvalue weighted by atomic mass is 79.9. The Morgan fingerprint density at radius 1 is 1.26 bits per heavy atom. The zero-order valence-corrected chi connectivity index (χ0v) is 13.7. The summed E-state index contributed by atoms with van der Waals surface area (Å²) in [6.07, 6.45) is 3.97. The molecule has 0 saturated heterocycles. The van der Waals surface area contributed by atoms with E-state index in [1.54, 1.807) is 0 Å². The molecule has 2 heteroatoms. The lowest BCUT2D eigenvalue weighted by molar-refractivity contribution is -0.129. The Balaban J connectivity index is 2.14. The van der Waals surface area contributed by atoms with Crippen LogP contribution in [0, 0.1) is 17.3 Å². The molecule has 2 rings (SSSR count). The van der Waals surface area contributed by atoms with E-state index in [1.165, 1.54) is 12.0 Å². The van der Waals surface area contributed by atoms with E-state index in [2.05, 4.69) is 54.9 Å². The fourth-order valence-electron chi connectivity index (χ4n) is 3.28. The van der Waals surface area contributed by atoms with Crippen molar-refractivity contribution in [1.29, 1.82) is 0 Å². The van der Waals surface area contributed by atoms with Crippen molar-refractivity contribution in [3.05, 3.63) is 34.3 Å². The third kappa shape index (κ3) is 3.47. The summed E-state index contributed by atoms with van der Waals surface area (Å²) in [6, 6.07) is 8.34. The number of carbonyl (C=O) groups is 1. The van der Waals surface area contributed by atoms with Crippen molar-refractivity contribution in [2.24, 2.45) is 17.3 Å². The molecule has 0 amide bonds. The predicted molar refractivity (Wildman–Crippen MR) is 83.1 cm³/mol. The summed E-state index contributed by atoms with van der Waals surface area (Å²) in [5.41, 5.74) is 1.35. The van der Waals surface area contributed by atoms with E-state index in [0.717, 1.165) is 23.7 Å². The zero-order valence-electron chi connectivity index (χ0n) is 12.1. The first kappa shape index (κ1) is 14.8. The molecule has 0 radical (unpaired) electrons. The standard InChI is InChI=1S/C17H23BrO/c1-12-8-9-14(16(19)10-12)17(2,3)11-13-6-4-5-7-15(13)18/h4-7,12,14H,8-11H2,1-3H3. The molecular weight excluding hydrogens is 300 g/mol. The lowest BCUT2D eigenvalue weighted by Gasteiger charge is -2.37. The number of Topliss-reactive ketones (excluding diaryl/α,β-unsaturated/α-hetero) is 1. The molecule has 1 aromatic rings. The second-order valence-electron chi connectivity index (χ2n) is 6.66. The number of halogens is 1. The summed E-state index contributed by atoms with van der Waals surface area (Å²) in [5.74, 6) is 1.26. The second-order valence-corrected chi connectivity index (χ2v) is 7.52. The summed E-state index contributed by atoms with van der Waals surface area (Å²) >= 11 is 3.61. The molecule has 19 heavy (non-hydrogen) atoms. The van der Waals surface area contributed by atoms with E-state index in [0.29, 0.717) is 11.7 Å². The van der Waals surface area contributed by atoms with E-state index < -0.39 is 0 Å². The molecule has 1 saturated carbocycles. The minimum Gasteiger partial charge on any atom is -0.299 e. The minimum absolute atomic E-state index is 0.0428. The van der Waals surface area contributed by atoms with Gasteiger partial charge in [0.05, 0.1) is 0 Å². The average Bonchev–Trinajstić information content (AvgIpc) is 2.31. The first-order valence-corrected chi connectivity index (χ1v) is 7.95. The third-order valence-electron chi connectivity index (χ3n) is 4.43. The molecule has 1 fully saturated rings. The van der Waals surface area contributed by atoms with Crippen molar-refractivity contribution in [1.82, 2.24) is 0 Å². The number of hydrogen-bond acceptors (Lipinski definition) is 1. The number of ketones is 1. The van der Waals surface area contributed by atoms with Crippen LogP contribution in [-0.4, -0.2) is 5.78 Å². The van der Waals surface area contributed by atoms with Crippen LogP contribution in [0.1, 0.15) is 45.6 Å². The van der Waals surface area contributed by atoms with Crippen LogP contribution in [0.4, 0.5) is 0 Å². The SMILES string of the molecule is CC1CCC(C(C)(C)Cc2ccccc2Br)C(=O)C1. The summed E-state index contributed by atoms with van der Waals surface area (Å²) < 4.78 is 1.15. The Morgan fingerprint density at radius 3 is 2.58 bits per heavy atom. The van der Waals surface area contributed by atoms with Gasteiger partial charge in [0.25, 0.3) is 0 Å². The van der Waals surface area contributed by atoms with Crippen LogP contribution in [0.15, 0.2) is 28.7 Å². The van der Waals surface area contributed by atoms with Gasteiger partial charge in [0.1, 0.15) is 5.78 Å². The van der Waals surface area contributed by atoms with Crippen LogP contribution in [0.5, 0.6) is 0 Å². The molecule has 0 N–H and O–H groups in total. The van der Waals surface area contributed by atoms with Gasteiger partial charge in [-0.2, -0.15) is 0 Å². The van der Waals surface area contributed by atoms with E-state index in [1.807, 2.05) is 6.07 Å². The molecule has 1 aromatic carbocycles. The summed E-state index contributed by atoms with van der Waals surface area (Å²) in [6.45, 7) is 6.67. The molecule has 0 heterocycles. The van der Waals surface area contributed by atoms with Crippen molar-refractivity contribution in [2.45, 2.75) is 46.5 Å². The highest BCUT2D eigenvalue weighted by Crippen LogP contribution is 2.41. The van der Waals surface area contributed by atoms with E-state index in [-0.39, 0.29) is 11.3 Å². The zero-order chi connectivity index (χ0) is 14.0. The van der Waals surface area contributed by atoms with Gasteiger partial charge in [-0.15, -0.1) is 0 Å². The Labute approximate surface area is 124 Å². The molecule has 1 nitrogen and oxygen atoms in total. The van der Waals surface area contributed by atoms with E-state index in [9.17, 15) is 4.79 Å². The van der Waals surface area contributed by atoms with Crippen LogP contribution in [-0.2, 0) is 11.2 Å². The minimum atomic E-state index is 0.0428. The summed E-state index contributed by atoms with van der Waals surface area (Å²) in [7, 11) is 0. The van der Waals surface area contributed by atoms with Gasteiger partial charge in [-0.1, -0.05) is 54.9 Å². The van der Waals surface area contributed by atoms with Crippen LogP contribution < -0.4 is 0 Å². The van der Waals surface area contributed by atoms with Crippen molar-refractivity contribution in [3.8, 4) is 0 Å². The van der Waals surface area contributed by atoms with Crippen LogP contribution in [0.25, 0.3) is 0 Å². The monoisotopic (exact) mass is 322 g/mol. The van der Waals surface area contributed by atoms with Crippen molar-refractivity contribution in [2.75, 3.05) is 0 Å². The smallest absolute Gasteiger partial charge is 0.136 e. The van der Waals surface area contributed by atoms with E-state index >= 15 is 0 Å². The molecule has 104 valence electrons. The molecule has 0 aliphatic heterocycles. The van der Waals surface area contributed by atoms with E-state index in [4.69, 9.17) is 0 Å². The molecule has 2 unspecified atom stereocenters. The molecular formula is C17H23BrO. The molecule has 0 aromatic heterocycles. The Kier molecular flexibility index (Phi) is 4.50. The van der Waals surface area contributed by atoms with Crippen LogP contribution in [0.3, 0.4) is 0 Å². The molecule has 0 spiro atoms. The number of benzene rings is 1. The normalized spacial score (nSPS) is 24.5. The number of carbonyl (C=O) groups excluding carboxylic acids is 1. The Morgan fingerprint density at radius 2 is 1.95 bits per heavy atom. The highest BCUT2D eigenvalue weighted by Gasteiger charge is 2.38. The number of rotatable bonds is 3. The second kappa shape index (κ2) is 5.78. The predicted octanol–water partition coefficient (Wildman–Crippen LogP) is 5.02. The maximum absolute atomic E-state index is 12.3. The van der Waals surface area contributed by atoms with Gasteiger partial charge in [0, 0.05) is 16.8 Å². The largest absolute Gasteiger partial charge is 0.299 e. The van der Waals surface area contributed by atoms with Gasteiger partial charge < -0.3 is 0 Å². The quantitative estimate of drug-likeness (QED) is 0.763. The first-order valence-electron chi connectivity index (χ1n) is 7.16. The average molecular weight is 323 g/mol. The lowest BCUT2D eigenvalue weighted by atomic mass is 9.66. The van der Waals surface area contributed by atoms with Gasteiger partial charge >= 0.3 is 0 Å². The fourth-order valence-corrected chi connectivity index (χ4v) is 3.71.